The van der Waals surface area contributed by atoms with Crippen LogP contribution in [0.25, 0.3) is 0 Å². The highest BCUT2D eigenvalue weighted by molar-refractivity contribution is 6.39. The zero-order valence-electron chi connectivity index (χ0n) is 41.1. The third-order valence-electron chi connectivity index (χ3n) is 14.8. The van der Waals surface area contributed by atoms with Gasteiger partial charge in [0.05, 0.1) is 30.8 Å². The second kappa shape index (κ2) is 24.1. The zero-order chi connectivity index (χ0) is 49.2. The van der Waals surface area contributed by atoms with Crippen LogP contribution in [0.5, 0.6) is 0 Å². The lowest BCUT2D eigenvalue weighted by molar-refractivity contribution is -0.302. The molecule has 0 radical (unpaired) electrons. The van der Waals surface area contributed by atoms with Crippen molar-refractivity contribution in [2.24, 2.45) is 29.6 Å². The van der Waals surface area contributed by atoms with Gasteiger partial charge in [-0.2, -0.15) is 0 Å². The van der Waals surface area contributed by atoms with Crippen LogP contribution in [0.1, 0.15) is 124 Å². The fourth-order valence-electron chi connectivity index (χ4n) is 10.8. The van der Waals surface area contributed by atoms with Crippen molar-refractivity contribution in [3.8, 4) is 0 Å². The van der Waals surface area contributed by atoms with Crippen LogP contribution < -0.4 is 0 Å². The number of carbonyl (C=O) groups excluding carboxylic acids is 5. The van der Waals surface area contributed by atoms with E-state index in [0.717, 1.165) is 16.0 Å². The summed E-state index contributed by atoms with van der Waals surface area (Å²) < 4.78 is 35.6. The van der Waals surface area contributed by atoms with E-state index in [1.807, 2.05) is 63.3 Å². The summed E-state index contributed by atoms with van der Waals surface area (Å²) in [6.07, 6.45) is 2.21. The second-order valence-corrected chi connectivity index (χ2v) is 19.9. The molecule has 1 aromatic carbocycles. The van der Waals surface area contributed by atoms with Crippen LogP contribution in [0.4, 0.5) is 0 Å². The lowest BCUT2D eigenvalue weighted by Gasteiger charge is -2.47. The van der Waals surface area contributed by atoms with Crippen LogP contribution in [0, 0.1) is 29.6 Å². The summed E-state index contributed by atoms with van der Waals surface area (Å²) in [5.74, 6) is -8.65. The molecule has 1 aliphatic carbocycles. The number of Topliss-reactive ketones (excluding diaryl/α,β-unsaturated/α-hetero) is 2. The van der Waals surface area contributed by atoms with Crippen molar-refractivity contribution in [2.45, 2.75) is 179 Å². The number of aliphatic hydroxyl groups is 3. The number of ether oxygens (including phenoxy) is 6. The number of cyclic esters (lactones) is 1. The number of piperidine rings is 1. The normalized spacial score (nSPS) is 37.6. The Bertz CT molecular complexity index is 1920. The van der Waals surface area contributed by atoms with Crippen molar-refractivity contribution < 1.29 is 67.7 Å². The van der Waals surface area contributed by atoms with Gasteiger partial charge >= 0.3 is 11.9 Å². The first kappa shape index (κ1) is 54.1. The van der Waals surface area contributed by atoms with Gasteiger partial charge in [0, 0.05) is 52.0 Å². The molecule has 1 amide bonds. The number of rotatable bonds is 10. The molecule has 3 heterocycles. The van der Waals surface area contributed by atoms with E-state index in [1.165, 1.54) is 21.3 Å². The summed E-state index contributed by atoms with van der Waals surface area (Å²) in [4.78, 5) is 71.3. The zero-order valence-corrected chi connectivity index (χ0v) is 41.1. The SMILES string of the molecule is CCC1/C=C(\C)CC(C)CC(OC)C2OC(O)(C(=O)C(=O)N3CCCCC3C(=O)OC(C(C)=CC3CCC(O)(CC(=O)OCc4ccccc4)C(OC)C3)C(C)C(O)CC1=O)C(C)CC2OC. The summed E-state index contributed by atoms with van der Waals surface area (Å²) in [6, 6.07) is 8.07. The Morgan fingerprint density at radius 1 is 0.925 bits per heavy atom. The molecule has 2 bridgehead atoms. The van der Waals surface area contributed by atoms with E-state index in [9.17, 15) is 39.3 Å². The monoisotopic (exact) mass is 940 g/mol. The van der Waals surface area contributed by atoms with Crippen LogP contribution >= 0.6 is 0 Å². The van der Waals surface area contributed by atoms with Gasteiger partial charge in [-0.3, -0.25) is 19.2 Å². The molecule has 0 spiro atoms. The number of hydrogen-bond acceptors (Lipinski definition) is 14. The number of esters is 2. The maximum absolute atomic E-state index is 14.5. The standard InChI is InChI=1S/C52H77NO14/c1-10-38-23-31(2)22-32(3)24-42(62-7)47-43(63-8)26-34(5)52(61,67-47)48(57)49(58)53-21-15-14-18-39(53)50(59)66-46(35(6)40(54)28-41(38)55)33(4)25-37-19-20-51(60,44(27-37)64-9)29-45(56)65-30-36-16-12-11-13-17-36/h11-13,16-17,23,25,32,34-35,37-40,42-44,46-47,54,60-61H,10,14-15,18-22,24,26-30H2,1-9H3/b31-23+,33-25?. The van der Waals surface area contributed by atoms with Crippen LogP contribution in [0.15, 0.2) is 53.6 Å². The van der Waals surface area contributed by atoms with E-state index in [-0.39, 0.29) is 62.9 Å². The molecule has 15 heteroatoms. The van der Waals surface area contributed by atoms with Crippen molar-refractivity contribution in [2.75, 3.05) is 27.9 Å². The van der Waals surface area contributed by atoms with Crippen molar-refractivity contribution >= 4 is 29.4 Å². The van der Waals surface area contributed by atoms with Gasteiger partial charge < -0.3 is 48.6 Å². The lowest BCUT2D eigenvalue weighted by atomic mass is 9.74. The number of allylic oxidation sites excluding steroid dienone is 3. The maximum atomic E-state index is 14.5. The molecular formula is C52H77NO14. The number of benzene rings is 1. The number of methoxy groups -OCH3 is 3. The van der Waals surface area contributed by atoms with Crippen LogP contribution in [-0.4, -0.2) is 132 Å². The Kier molecular flexibility index (Phi) is 19.5. The highest BCUT2D eigenvalue weighted by Gasteiger charge is 2.57. The van der Waals surface area contributed by atoms with Crippen LogP contribution in [0.3, 0.4) is 0 Å². The first-order valence-corrected chi connectivity index (χ1v) is 24.3. The van der Waals surface area contributed by atoms with Gasteiger partial charge in [-0.15, -0.1) is 0 Å². The number of hydrogen-bond donors (Lipinski definition) is 3. The fraction of sp³-hybridized carbons (Fsp3) is 0.712. The minimum atomic E-state index is -2.54. The molecule has 14 unspecified atom stereocenters. The van der Waals surface area contributed by atoms with Gasteiger partial charge in [-0.1, -0.05) is 75.8 Å². The molecule has 15 nitrogen and oxygen atoms in total. The molecule has 3 fully saturated rings. The molecule has 3 N–H and O–H groups in total. The van der Waals surface area contributed by atoms with E-state index >= 15 is 0 Å². The molecule has 14 atom stereocenters. The number of fused-ring (bicyclic) bond motifs is 3. The smallest absolute Gasteiger partial charge is 0.329 e. The third kappa shape index (κ3) is 13.3. The fourth-order valence-corrected chi connectivity index (χ4v) is 10.8. The van der Waals surface area contributed by atoms with E-state index in [4.69, 9.17) is 28.4 Å². The molecule has 0 aromatic heterocycles. The average Bonchev–Trinajstić information content (AvgIpc) is 3.31. The average molecular weight is 940 g/mol. The van der Waals surface area contributed by atoms with E-state index in [1.54, 1.807) is 20.8 Å². The van der Waals surface area contributed by atoms with E-state index < -0.39 is 95.4 Å². The molecule has 4 aliphatic rings. The number of amides is 1. The number of carbonyl (C=O) groups is 5. The lowest BCUT2D eigenvalue weighted by Crippen LogP contribution is -2.64. The first-order valence-electron chi connectivity index (χ1n) is 24.3. The number of ketones is 2. The maximum Gasteiger partial charge on any atom is 0.329 e. The number of nitrogens with zero attached hydrogens (tertiary/aromatic N) is 1. The van der Waals surface area contributed by atoms with E-state index in [0.29, 0.717) is 50.5 Å². The Hall–Kier alpha value is -3.83. The largest absolute Gasteiger partial charge is 0.461 e. The molecule has 5 rings (SSSR count). The van der Waals surface area contributed by atoms with Crippen molar-refractivity contribution in [1.29, 1.82) is 0 Å². The Labute approximate surface area is 396 Å². The Morgan fingerprint density at radius 3 is 2.27 bits per heavy atom. The predicted octanol–water partition coefficient (Wildman–Crippen LogP) is 5.98. The van der Waals surface area contributed by atoms with Gasteiger partial charge in [0.25, 0.3) is 11.7 Å². The second-order valence-electron chi connectivity index (χ2n) is 19.9. The van der Waals surface area contributed by atoms with Gasteiger partial charge in [-0.05, 0) is 101 Å². The molecule has 1 aromatic rings. The summed E-state index contributed by atoms with van der Waals surface area (Å²) in [7, 11) is 4.52. The summed E-state index contributed by atoms with van der Waals surface area (Å²) in [5.41, 5.74) is 0.875. The van der Waals surface area contributed by atoms with Gasteiger partial charge in [-0.25, -0.2) is 4.79 Å². The van der Waals surface area contributed by atoms with E-state index in [2.05, 4.69) is 0 Å². The highest BCUT2D eigenvalue weighted by atomic mass is 16.7. The minimum Gasteiger partial charge on any atom is -0.461 e. The Balaban J connectivity index is 1.46. The molecule has 2 saturated heterocycles. The van der Waals surface area contributed by atoms with Crippen LogP contribution in [-0.2, 0) is 59.0 Å². The summed E-state index contributed by atoms with van der Waals surface area (Å²) in [5, 5.41) is 35.7. The van der Waals surface area contributed by atoms with Gasteiger partial charge in [0.15, 0.2) is 0 Å². The van der Waals surface area contributed by atoms with Crippen molar-refractivity contribution in [3.63, 3.8) is 0 Å². The molecular weight excluding hydrogens is 863 g/mol. The molecule has 374 valence electrons. The third-order valence-corrected chi connectivity index (χ3v) is 14.8. The summed E-state index contributed by atoms with van der Waals surface area (Å²) >= 11 is 0. The quantitative estimate of drug-likeness (QED) is 0.140. The van der Waals surface area contributed by atoms with Crippen LogP contribution in [0.2, 0.25) is 0 Å². The van der Waals surface area contributed by atoms with Gasteiger partial charge in [0.2, 0.25) is 5.79 Å². The number of aliphatic hydroxyl groups excluding tert-OH is 1. The molecule has 67 heavy (non-hydrogen) atoms. The molecule has 3 aliphatic heterocycles. The highest BCUT2D eigenvalue weighted by Crippen LogP contribution is 2.41. The minimum absolute atomic E-state index is 0.00534. The van der Waals surface area contributed by atoms with Crippen molar-refractivity contribution in [1.82, 2.24) is 4.90 Å². The Morgan fingerprint density at radius 2 is 1.61 bits per heavy atom. The van der Waals surface area contributed by atoms with Gasteiger partial charge in [0.1, 0.15) is 36.2 Å². The van der Waals surface area contributed by atoms with Crippen molar-refractivity contribution in [3.05, 3.63) is 59.2 Å². The molecule has 1 saturated carbocycles. The predicted molar refractivity (Wildman–Crippen MR) is 248 cm³/mol. The topological polar surface area (TPSA) is 205 Å². The summed E-state index contributed by atoms with van der Waals surface area (Å²) in [6.45, 7) is 11.2. The first-order chi connectivity index (χ1) is 31.8.